The smallest absolute Gasteiger partial charge is 0.0181 e. The van der Waals surface area contributed by atoms with E-state index < -0.39 is 0 Å². The highest BCUT2D eigenvalue weighted by Gasteiger charge is 1.94. The van der Waals surface area contributed by atoms with E-state index in [0.29, 0.717) is 0 Å². The third-order valence-corrected chi connectivity index (χ3v) is 2.69. The number of hydrogen-bond acceptors (Lipinski definition) is 0. The average Bonchev–Trinajstić information content (AvgIpc) is 2.12. The first-order valence-corrected chi connectivity index (χ1v) is 4.84. The fourth-order valence-electron chi connectivity index (χ4n) is 1.40. The zero-order valence-electron chi connectivity index (χ0n) is 7.18. The highest BCUT2D eigenvalue weighted by molar-refractivity contribution is 9.10. The van der Waals surface area contributed by atoms with Crippen LogP contribution >= 0.6 is 15.9 Å². The minimum absolute atomic E-state index is 0.991. The Bertz CT molecular complexity index is 555. The fourth-order valence-corrected chi connectivity index (χ4v) is 1.76. The summed E-state index contributed by atoms with van der Waals surface area (Å²) in [6.45, 7) is 7.93. The largest absolute Gasteiger partial charge is 0.0912 e. The van der Waals surface area contributed by atoms with E-state index in [0.717, 1.165) is 14.9 Å². The minimum atomic E-state index is 0.991. The number of halogens is 1. The molecule has 2 aromatic rings. The van der Waals surface area contributed by atoms with Crippen molar-refractivity contribution in [2.45, 2.75) is 0 Å². The lowest BCUT2D eigenvalue weighted by Crippen LogP contribution is -2.21. The van der Waals surface area contributed by atoms with Crippen molar-refractivity contribution in [1.29, 1.82) is 0 Å². The van der Waals surface area contributed by atoms with Gasteiger partial charge in [0.15, 0.2) is 0 Å². The molecule has 0 aliphatic rings. The molecule has 0 aliphatic carbocycles. The van der Waals surface area contributed by atoms with Crippen LogP contribution in [-0.4, -0.2) is 0 Å². The minimum Gasteiger partial charge on any atom is -0.0912 e. The van der Waals surface area contributed by atoms with Gasteiger partial charge < -0.3 is 0 Å². The Balaban J connectivity index is 3.06. The second-order valence-electron chi connectivity index (χ2n) is 3.07. The van der Waals surface area contributed by atoms with E-state index in [1.807, 2.05) is 12.1 Å². The van der Waals surface area contributed by atoms with Gasteiger partial charge in [0.25, 0.3) is 0 Å². The topological polar surface area (TPSA) is 0 Å². The molecular weight excluding hydrogens is 224 g/mol. The van der Waals surface area contributed by atoms with Gasteiger partial charge in [-0.15, -0.1) is 0 Å². The molecule has 13 heavy (non-hydrogen) atoms. The Morgan fingerprint density at radius 2 is 1.69 bits per heavy atom. The first-order valence-electron chi connectivity index (χ1n) is 4.04. The summed E-state index contributed by atoms with van der Waals surface area (Å²) < 4.78 is 1.08. The number of rotatable bonds is 0. The molecule has 64 valence electrons. The average molecular weight is 233 g/mol. The molecule has 2 aromatic carbocycles. The molecule has 0 fully saturated rings. The third kappa shape index (κ3) is 1.40. The molecule has 0 amide bonds. The summed E-state index contributed by atoms with van der Waals surface area (Å²) in [5, 5.41) is 4.38. The van der Waals surface area contributed by atoms with Gasteiger partial charge in [0.2, 0.25) is 0 Å². The molecule has 0 N–H and O–H groups in total. The summed E-state index contributed by atoms with van der Waals surface area (Å²) in [6.07, 6.45) is 0. The van der Waals surface area contributed by atoms with Crippen molar-refractivity contribution in [3.8, 4) is 0 Å². The lowest BCUT2D eigenvalue weighted by atomic mass is 10.1. The summed E-state index contributed by atoms with van der Waals surface area (Å²) in [7, 11) is 0. The van der Waals surface area contributed by atoms with Crippen molar-refractivity contribution in [2.75, 3.05) is 0 Å². The van der Waals surface area contributed by atoms with Crippen LogP contribution in [0.4, 0.5) is 0 Å². The van der Waals surface area contributed by atoms with Crippen LogP contribution in [0.15, 0.2) is 34.8 Å². The maximum Gasteiger partial charge on any atom is 0.0181 e. The van der Waals surface area contributed by atoms with Crippen LogP contribution in [0, 0.1) is 0 Å². The lowest BCUT2D eigenvalue weighted by molar-refractivity contribution is 1.59. The summed E-state index contributed by atoms with van der Waals surface area (Å²) in [5.74, 6) is 0. The van der Waals surface area contributed by atoms with E-state index in [4.69, 9.17) is 0 Å². The zero-order chi connectivity index (χ0) is 9.42. The molecule has 0 nitrogen and oxygen atoms in total. The molecule has 2 rings (SSSR count). The normalized spacial score (nSPS) is 10.5. The Hall–Kier alpha value is -1.08. The van der Waals surface area contributed by atoms with Crippen LogP contribution in [0.25, 0.3) is 23.9 Å². The van der Waals surface area contributed by atoms with Crippen molar-refractivity contribution in [3.63, 3.8) is 0 Å². The Morgan fingerprint density at radius 1 is 1.00 bits per heavy atom. The first kappa shape index (κ1) is 8.52. The Kier molecular flexibility index (Phi) is 1.97. The molecule has 0 spiro atoms. The second kappa shape index (κ2) is 3.00. The maximum absolute atomic E-state index is 4.01. The van der Waals surface area contributed by atoms with Gasteiger partial charge in [0, 0.05) is 4.47 Å². The van der Waals surface area contributed by atoms with Gasteiger partial charge >= 0.3 is 0 Å². The van der Waals surface area contributed by atoms with Gasteiger partial charge in [0.05, 0.1) is 0 Å². The van der Waals surface area contributed by atoms with E-state index in [9.17, 15) is 0 Å². The SMILES string of the molecule is C=c1ccc2ccc(Br)cc2c1=C. The van der Waals surface area contributed by atoms with Crippen LogP contribution in [0.5, 0.6) is 0 Å². The van der Waals surface area contributed by atoms with Crippen molar-refractivity contribution in [2.24, 2.45) is 0 Å². The highest BCUT2D eigenvalue weighted by Crippen LogP contribution is 2.15. The molecule has 0 unspecified atom stereocenters. The van der Waals surface area contributed by atoms with E-state index in [-0.39, 0.29) is 0 Å². The van der Waals surface area contributed by atoms with Crippen LogP contribution in [0.2, 0.25) is 0 Å². The van der Waals surface area contributed by atoms with Crippen molar-refractivity contribution < 1.29 is 0 Å². The lowest BCUT2D eigenvalue weighted by Gasteiger charge is -1.99. The molecule has 0 saturated heterocycles. The molecule has 0 saturated carbocycles. The molecule has 1 heteroatoms. The predicted molar refractivity (Wildman–Crippen MR) is 61.9 cm³/mol. The second-order valence-corrected chi connectivity index (χ2v) is 3.98. The Morgan fingerprint density at radius 3 is 2.46 bits per heavy atom. The van der Waals surface area contributed by atoms with Crippen molar-refractivity contribution >= 4 is 39.9 Å². The Labute approximate surface area is 85.3 Å². The zero-order valence-corrected chi connectivity index (χ0v) is 8.76. The molecule has 0 atom stereocenters. The molecule has 0 bridgehead atoms. The monoisotopic (exact) mass is 232 g/mol. The van der Waals surface area contributed by atoms with Gasteiger partial charge in [0.1, 0.15) is 0 Å². The number of hydrogen-bond donors (Lipinski definition) is 0. The van der Waals surface area contributed by atoms with Gasteiger partial charge in [-0.3, -0.25) is 0 Å². The van der Waals surface area contributed by atoms with Gasteiger partial charge in [-0.1, -0.05) is 47.3 Å². The van der Waals surface area contributed by atoms with Crippen LogP contribution in [0.3, 0.4) is 0 Å². The number of benzene rings is 2. The van der Waals surface area contributed by atoms with E-state index in [2.05, 4.69) is 47.3 Å². The standard InChI is InChI=1S/C12H9Br/c1-8-3-4-10-5-6-11(13)7-12(10)9(8)2/h3-7H,1-2H2. The third-order valence-electron chi connectivity index (χ3n) is 2.19. The highest BCUT2D eigenvalue weighted by atomic mass is 79.9. The van der Waals surface area contributed by atoms with E-state index in [1.165, 1.54) is 10.8 Å². The predicted octanol–water partition coefficient (Wildman–Crippen LogP) is 2.42. The van der Waals surface area contributed by atoms with Crippen LogP contribution in [0.1, 0.15) is 0 Å². The van der Waals surface area contributed by atoms with E-state index in [1.54, 1.807) is 0 Å². The maximum atomic E-state index is 4.01. The van der Waals surface area contributed by atoms with Gasteiger partial charge in [-0.05, 0) is 33.3 Å². The quantitative estimate of drug-likeness (QED) is 0.655. The summed E-state index contributed by atoms with van der Waals surface area (Å²) in [4.78, 5) is 0. The summed E-state index contributed by atoms with van der Waals surface area (Å²) in [6, 6.07) is 10.3. The van der Waals surface area contributed by atoms with Gasteiger partial charge in [-0.25, -0.2) is 0 Å². The summed E-state index contributed by atoms with van der Waals surface area (Å²) in [5.41, 5.74) is 0. The number of fused-ring (bicyclic) bond motifs is 1. The molecular formula is C12H9Br. The van der Waals surface area contributed by atoms with Gasteiger partial charge in [-0.2, -0.15) is 0 Å². The fraction of sp³-hybridized carbons (Fsp3) is 0. The molecule has 0 radical (unpaired) electrons. The van der Waals surface area contributed by atoms with Crippen molar-refractivity contribution in [3.05, 3.63) is 45.2 Å². The first-order chi connectivity index (χ1) is 6.18. The molecule has 0 aliphatic heterocycles. The molecule has 0 heterocycles. The van der Waals surface area contributed by atoms with Crippen LogP contribution < -0.4 is 10.4 Å². The molecule has 0 aromatic heterocycles. The van der Waals surface area contributed by atoms with Crippen molar-refractivity contribution in [1.82, 2.24) is 0 Å². The van der Waals surface area contributed by atoms with E-state index >= 15 is 0 Å². The summed E-state index contributed by atoms with van der Waals surface area (Å²) >= 11 is 3.44. The van der Waals surface area contributed by atoms with Crippen LogP contribution in [-0.2, 0) is 0 Å².